The molecule has 0 saturated carbocycles. The Hall–Kier alpha value is -2.47. The van der Waals surface area contributed by atoms with Crippen LogP contribution in [-0.2, 0) is 6.54 Å². The van der Waals surface area contributed by atoms with Crippen molar-refractivity contribution in [1.29, 1.82) is 0 Å². The first kappa shape index (κ1) is 16.4. The first-order chi connectivity index (χ1) is 11.5. The highest BCUT2D eigenvalue weighted by Gasteiger charge is 2.26. The van der Waals surface area contributed by atoms with Crippen LogP contribution < -0.4 is 10.2 Å². The van der Waals surface area contributed by atoms with E-state index in [0.29, 0.717) is 19.6 Å². The second-order valence-corrected chi connectivity index (χ2v) is 5.88. The minimum Gasteiger partial charge on any atom is -0.478 e. The summed E-state index contributed by atoms with van der Waals surface area (Å²) in [6, 6.07) is 10.7. The van der Waals surface area contributed by atoms with Crippen molar-refractivity contribution >= 4 is 11.7 Å². The molecule has 24 heavy (non-hydrogen) atoms. The van der Waals surface area contributed by atoms with E-state index in [4.69, 9.17) is 5.11 Å². The lowest BCUT2D eigenvalue weighted by molar-refractivity contribution is 0.0697. The number of aromatic carboxylic acids is 1. The smallest absolute Gasteiger partial charge is 0.335 e. The van der Waals surface area contributed by atoms with Crippen LogP contribution in [0.25, 0.3) is 0 Å². The number of nitrogens with zero attached hydrogens (tertiary/aromatic N) is 1. The van der Waals surface area contributed by atoms with E-state index < -0.39 is 17.6 Å². The van der Waals surface area contributed by atoms with Gasteiger partial charge >= 0.3 is 5.97 Å². The maximum Gasteiger partial charge on any atom is 0.335 e. The van der Waals surface area contributed by atoms with Crippen LogP contribution in [0.2, 0.25) is 0 Å². The molecule has 2 N–H and O–H groups in total. The van der Waals surface area contributed by atoms with Gasteiger partial charge < -0.3 is 15.3 Å². The summed E-state index contributed by atoms with van der Waals surface area (Å²) >= 11 is 0. The van der Waals surface area contributed by atoms with Gasteiger partial charge in [0.2, 0.25) is 0 Å². The summed E-state index contributed by atoms with van der Waals surface area (Å²) < 4.78 is 27.7. The van der Waals surface area contributed by atoms with Gasteiger partial charge in [-0.3, -0.25) is 0 Å². The number of carboxylic acids is 1. The molecule has 0 aliphatic carbocycles. The molecule has 1 atom stereocenters. The number of nitrogens with one attached hydrogen (secondary N) is 1. The van der Waals surface area contributed by atoms with Crippen LogP contribution in [0.4, 0.5) is 14.5 Å². The van der Waals surface area contributed by atoms with Crippen molar-refractivity contribution in [3.05, 3.63) is 65.2 Å². The van der Waals surface area contributed by atoms with E-state index in [2.05, 4.69) is 5.32 Å². The summed E-state index contributed by atoms with van der Waals surface area (Å²) in [6.07, 6.45) is 0.793. The maximum atomic E-state index is 13.8. The standard InChI is InChI=1S/C18H18F2N2O2/c19-15-2-1-3-16(20)17(15)22-9-8-14(11-22)21-10-12-4-6-13(7-5-12)18(23)24/h1-7,14,21H,8-11H2,(H,23,24). The summed E-state index contributed by atoms with van der Waals surface area (Å²) in [5.74, 6) is -2.03. The van der Waals surface area contributed by atoms with E-state index in [1.54, 1.807) is 29.2 Å². The Balaban J connectivity index is 1.57. The minimum atomic E-state index is -0.951. The molecule has 1 saturated heterocycles. The second-order valence-electron chi connectivity index (χ2n) is 5.88. The van der Waals surface area contributed by atoms with Gasteiger partial charge in [-0.15, -0.1) is 0 Å². The molecule has 0 aromatic heterocycles. The van der Waals surface area contributed by atoms with Crippen molar-refractivity contribution < 1.29 is 18.7 Å². The average molecular weight is 332 g/mol. The summed E-state index contributed by atoms with van der Waals surface area (Å²) in [6.45, 7) is 1.71. The van der Waals surface area contributed by atoms with Crippen LogP contribution in [0, 0.1) is 11.6 Å². The van der Waals surface area contributed by atoms with Crippen LogP contribution in [-0.4, -0.2) is 30.2 Å². The second kappa shape index (κ2) is 6.97. The molecule has 1 aliphatic rings. The van der Waals surface area contributed by atoms with Crippen LogP contribution >= 0.6 is 0 Å². The third-order valence-electron chi connectivity index (χ3n) is 4.24. The Bertz CT molecular complexity index is 714. The van der Waals surface area contributed by atoms with Crippen LogP contribution in [0.5, 0.6) is 0 Å². The van der Waals surface area contributed by atoms with Gasteiger partial charge in [-0.05, 0) is 36.2 Å². The number of hydrogen-bond donors (Lipinski definition) is 2. The number of para-hydroxylation sites is 1. The molecule has 3 rings (SSSR count). The molecular weight excluding hydrogens is 314 g/mol. The van der Waals surface area contributed by atoms with E-state index in [-0.39, 0.29) is 17.3 Å². The fourth-order valence-corrected chi connectivity index (χ4v) is 2.95. The normalized spacial score (nSPS) is 17.2. The topological polar surface area (TPSA) is 52.6 Å². The largest absolute Gasteiger partial charge is 0.478 e. The van der Waals surface area contributed by atoms with Gasteiger partial charge in [0.05, 0.1) is 5.56 Å². The number of anilines is 1. The maximum absolute atomic E-state index is 13.8. The Morgan fingerprint density at radius 3 is 2.46 bits per heavy atom. The fraction of sp³-hybridized carbons (Fsp3) is 0.278. The highest BCUT2D eigenvalue weighted by Crippen LogP contribution is 2.26. The van der Waals surface area contributed by atoms with E-state index in [9.17, 15) is 13.6 Å². The molecule has 0 radical (unpaired) electrons. The lowest BCUT2D eigenvalue weighted by Crippen LogP contribution is -2.32. The SMILES string of the molecule is O=C(O)c1ccc(CNC2CCN(c3c(F)cccc3F)C2)cc1. The molecule has 6 heteroatoms. The Morgan fingerprint density at radius 1 is 1.17 bits per heavy atom. The minimum absolute atomic E-state index is 0.0348. The molecular formula is C18H18F2N2O2. The predicted octanol–water partition coefficient (Wildman–Crippen LogP) is 3.03. The van der Waals surface area contributed by atoms with Gasteiger partial charge in [0.25, 0.3) is 0 Å². The van der Waals surface area contributed by atoms with Gasteiger partial charge in [0.1, 0.15) is 17.3 Å². The summed E-state index contributed by atoms with van der Waals surface area (Å²) in [5.41, 5.74) is 1.25. The zero-order chi connectivity index (χ0) is 17.1. The molecule has 2 aromatic carbocycles. The first-order valence-corrected chi connectivity index (χ1v) is 7.79. The summed E-state index contributed by atoms with van der Waals surface area (Å²) in [7, 11) is 0. The molecule has 1 heterocycles. The van der Waals surface area contributed by atoms with Gasteiger partial charge in [0, 0.05) is 25.7 Å². The summed E-state index contributed by atoms with van der Waals surface area (Å²) in [4.78, 5) is 12.5. The van der Waals surface area contributed by atoms with Crippen molar-refractivity contribution in [3.8, 4) is 0 Å². The fourth-order valence-electron chi connectivity index (χ4n) is 2.95. The lowest BCUT2D eigenvalue weighted by Gasteiger charge is -2.20. The number of rotatable bonds is 5. The van der Waals surface area contributed by atoms with Crippen molar-refractivity contribution in [3.63, 3.8) is 0 Å². The van der Waals surface area contributed by atoms with Gasteiger partial charge in [0.15, 0.2) is 0 Å². The van der Waals surface area contributed by atoms with E-state index in [0.717, 1.165) is 12.0 Å². The number of hydrogen-bond acceptors (Lipinski definition) is 3. The molecule has 126 valence electrons. The third-order valence-corrected chi connectivity index (χ3v) is 4.24. The molecule has 0 bridgehead atoms. The van der Waals surface area contributed by atoms with Gasteiger partial charge in [-0.2, -0.15) is 0 Å². The van der Waals surface area contributed by atoms with Crippen LogP contribution in [0.15, 0.2) is 42.5 Å². The molecule has 4 nitrogen and oxygen atoms in total. The highest BCUT2D eigenvalue weighted by molar-refractivity contribution is 5.87. The van der Waals surface area contributed by atoms with Gasteiger partial charge in [-0.1, -0.05) is 18.2 Å². The third kappa shape index (κ3) is 3.54. The quantitative estimate of drug-likeness (QED) is 0.884. The number of carbonyl (C=O) groups is 1. The van der Waals surface area contributed by atoms with Crippen molar-refractivity contribution in [2.24, 2.45) is 0 Å². The van der Waals surface area contributed by atoms with Crippen LogP contribution in [0.3, 0.4) is 0 Å². The molecule has 0 spiro atoms. The zero-order valence-electron chi connectivity index (χ0n) is 13.0. The Morgan fingerprint density at radius 2 is 1.83 bits per heavy atom. The lowest BCUT2D eigenvalue weighted by atomic mass is 10.1. The monoisotopic (exact) mass is 332 g/mol. The van der Waals surface area contributed by atoms with E-state index >= 15 is 0 Å². The van der Waals surface area contributed by atoms with Crippen LogP contribution in [0.1, 0.15) is 22.3 Å². The number of carboxylic acid groups (broad SMARTS) is 1. The summed E-state index contributed by atoms with van der Waals surface area (Å²) in [5, 5.41) is 12.2. The van der Waals surface area contributed by atoms with E-state index in [1.165, 1.54) is 18.2 Å². The molecule has 1 fully saturated rings. The van der Waals surface area contributed by atoms with Crippen molar-refractivity contribution in [2.45, 2.75) is 19.0 Å². The zero-order valence-corrected chi connectivity index (χ0v) is 13.0. The molecule has 0 amide bonds. The van der Waals surface area contributed by atoms with Gasteiger partial charge in [-0.25, -0.2) is 13.6 Å². The number of halogens is 2. The number of benzene rings is 2. The highest BCUT2D eigenvalue weighted by atomic mass is 19.1. The Labute approximate surface area is 138 Å². The predicted molar refractivity (Wildman–Crippen MR) is 87.2 cm³/mol. The molecule has 1 unspecified atom stereocenters. The first-order valence-electron chi connectivity index (χ1n) is 7.79. The van der Waals surface area contributed by atoms with Crippen molar-refractivity contribution in [1.82, 2.24) is 5.32 Å². The average Bonchev–Trinajstić information content (AvgIpc) is 3.02. The van der Waals surface area contributed by atoms with E-state index in [1.807, 2.05) is 0 Å². The molecule has 2 aromatic rings. The molecule has 1 aliphatic heterocycles. The van der Waals surface area contributed by atoms with Crippen molar-refractivity contribution in [2.75, 3.05) is 18.0 Å². The Kier molecular flexibility index (Phi) is 4.76.